The summed E-state index contributed by atoms with van der Waals surface area (Å²) in [5.41, 5.74) is 0.668. The Labute approximate surface area is 111 Å². The second-order valence-corrected chi connectivity index (χ2v) is 4.45. The molecule has 0 aliphatic carbocycles. The number of nitrogens with one attached hydrogen (secondary N) is 2. The summed E-state index contributed by atoms with van der Waals surface area (Å²) in [5.74, 6) is -0.961. The van der Waals surface area contributed by atoms with Gasteiger partial charge in [-0.2, -0.15) is 0 Å². The molecule has 0 spiro atoms. The minimum atomic E-state index is -0.961. The highest BCUT2D eigenvalue weighted by molar-refractivity contribution is 5.77. The normalized spacial score (nSPS) is 17.9. The summed E-state index contributed by atoms with van der Waals surface area (Å²) >= 11 is 0. The molecule has 0 bridgehead atoms. The van der Waals surface area contributed by atoms with Gasteiger partial charge in [-0.3, -0.25) is 10.1 Å². The molecule has 1 aliphatic rings. The van der Waals surface area contributed by atoms with E-state index in [2.05, 4.69) is 10.6 Å². The molecule has 1 heterocycles. The van der Waals surface area contributed by atoms with Gasteiger partial charge in [0.2, 0.25) is 0 Å². The van der Waals surface area contributed by atoms with Crippen molar-refractivity contribution in [1.29, 1.82) is 0 Å². The lowest BCUT2D eigenvalue weighted by Crippen LogP contribution is -2.48. The highest BCUT2D eigenvalue weighted by atomic mass is 16.4. The van der Waals surface area contributed by atoms with Gasteiger partial charge in [0.05, 0.1) is 6.17 Å². The molecule has 2 amide bonds. The molecule has 2 rings (SSSR count). The first-order valence-corrected chi connectivity index (χ1v) is 6.18. The molecule has 3 N–H and O–H groups in total. The number of carbonyl (C=O) groups excluding carboxylic acids is 1. The third kappa shape index (κ3) is 3.03. The number of carbonyl (C=O) groups is 2. The maximum Gasteiger partial charge on any atom is 0.325 e. The monoisotopic (exact) mass is 263 g/mol. The lowest BCUT2D eigenvalue weighted by atomic mass is 10.1. The van der Waals surface area contributed by atoms with E-state index in [9.17, 15) is 14.7 Å². The van der Waals surface area contributed by atoms with Crippen LogP contribution >= 0.6 is 0 Å². The number of urea groups is 1. The Balaban J connectivity index is 2.09. The number of hydrogen-bond donors (Lipinski definition) is 3. The zero-order chi connectivity index (χ0) is 13.8. The first kappa shape index (κ1) is 13.4. The summed E-state index contributed by atoms with van der Waals surface area (Å²) in [6, 6.07) is 7.92. The highest BCUT2D eigenvalue weighted by Gasteiger charge is 2.29. The maximum atomic E-state index is 11.5. The molecule has 1 saturated heterocycles. The molecular formula is C13H17N3O3. The van der Waals surface area contributed by atoms with E-state index in [1.165, 1.54) is 0 Å². The molecule has 0 saturated carbocycles. The van der Waals surface area contributed by atoms with Gasteiger partial charge in [0, 0.05) is 13.1 Å². The van der Waals surface area contributed by atoms with Crippen molar-refractivity contribution < 1.29 is 14.7 Å². The van der Waals surface area contributed by atoms with Crippen LogP contribution in [0.1, 0.15) is 18.5 Å². The fourth-order valence-corrected chi connectivity index (χ4v) is 2.14. The van der Waals surface area contributed by atoms with Crippen LogP contribution in [0.4, 0.5) is 4.79 Å². The Morgan fingerprint density at radius 3 is 2.63 bits per heavy atom. The van der Waals surface area contributed by atoms with Gasteiger partial charge < -0.3 is 15.3 Å². The number of rotatable bonds is 5. The van der Waals surface area contributed by atoms with E-state index in [1.807, 2.05) is 6.07 Å². The quantitative estimate of drug-likeness (QED) is 0.733. The van der Waals surface area contributed by atoms with Crippen LogP contribution < -0.4 is 10.6 Å². The first-order chi connectivity index (χ1) is 9.09. The summed E-state index contributed by atoms with van der Waals surface area (Å²) in [6.07, 6.45) is -0.344. The maximum absolute atomic E-state index is 11.5. The molecular weight excluding hydrogens is 246 g/mol. The third-order valence-corrected chi connectivity index (χ3v) is 3.15. The molecule has 1 aromatic carbocycles. The lowest BCUT2D eigenvalue weighted by molar-refractivity contribution is -0.140. The van der Waals surface area contributed by atoms with Gasteiger partial charge in [-0.25, -0.2) is 4.79 Å². The topological polar surface area (TPSA) is 81.7 Å². The summed E-state index contributed by atoms with van der Waals surface area (Å²) in [5, 5.41) is 15.0. The number of aliphatic carboxylic acids is 1. The molecule has 2 atom stereocenters. The van der Waals surface area contributed by atoms with Gasteiger partial charge in [-0.1, -0.05) is 30.3 Å². The van der Waals surface area contributed by atoms with Crippen LogP contribution in [0.3, 0.4) is 0 Å². The number of benzene rings is 1. The summed E-state index contributed by atoms with van der Waals surface area (Å²) in [7, 11) is 0. The number of carboxylic acids is 1. The highest BCUT2D eigenvalue weighted by Crippen LogP contribution is 2.15. The molecule has 1 aliphatic heterocycles. The van der Waals surface area contributed by atoms with Crippen molar-refractivity contribution in [3.63, 3.8) is 0 Å². The Hall–Kier alpha value is -2.08. The Bertz CT molecular complexity index is 463. The van der Waals surface area contributed by atoms with Crippen molar-refractivity contribution in [3.05, 3.63) is 35.9 Å². The molecule has 6 heteroatoms. The first-order valence-electron chi connectivity index (χ1n) is 6.18. The molecule has 1 fully saturated rings. The predicted molar refractivity (Wildman–Crippen MR) is 69.5 cm³/mol. The average Bonchev–Trinajstić information content (AvgIpc) is 2.82. The minimum Gasteiger partial charge on any atom is -0.480 e. The SMILES string of the molecule is CC(N[C@@H](C(=O)O)c1ccccc1)N1CCNC1=O. The average molecular weight is 263 g/mol. The Morgan fingerprint density at radius 2 is 2.11 bits per heavy atom. The zero-order valence-electron chi connectivity index (χ0n) is 10.7. The number of amides is 2. The molecule has 6 nitrogen and oxygen atoms in total. The van der Waals surface area contributed by atoms with E-state index in [-0.39, 0.29) is 12.2 Å². The summed E-state index contributed by atoms with van der Waals surface area (Å²) in [6.45, 7) is 2.95. The van der Waals surface area contributed by atoms with E-state index in [4.69, 9.17) is 0 Å². The molecule has 19 heavy (non-hydrogen) atoms. The molecule has 0 aromatic heterocycles. The summed E-state index contributed by atoms with van der Waals surface area (Å²) < 4.78 is 0. The van der Waals surface area contributed by atoms with Gasteiger partial charge in [-0.05, 0) is 12.5 Å². The van der Waals surface area contributed by atoms with Gasteiger partial charge in [0.15, 0.2) is 0 Å². The standard InChI is InChI=1S/C13H17N3O3/c1-9(16-8-7-14-13(16)19)15-11(12(17)18)10-5-3-2-4-6-10/h2-6,9,11,15H,7-8H2,1H3,(H,14,19)(H,17,18)/t9?,11-/m1/s1. The van der Waals surface area contributed by atoms with E-state index in [1.54, 1.807) is 36.1 Å². The van der Waals surface area contributed by atoms with E-state index in [0.29, 0.717) is 18.7 Å². The molecule has 1 aromatic rings. The smallest absolute Gasteiger partial charge is 0.325 e. The van der Waals surface area contributed by atoms with Gasteiger partial charge in [0.25, 0.3) is 0 Å². The lowest BCUT2D eigenvalue weighted by Gasteiger charge is -2.27. The minimum absolute atomic E-state index is 0.169. The van der Waals surface area contributed by atoms with E-state index in [0.717, 1.165) is 0 Å². The Morgan fingerprint density at radius 1 is 1.42 bits per heavy atom. The number of hydrogen-bond acceptors (Lipinski definition) is 3. The van der Waals surface area contributed by atoms with Crippen LogP contribution in [0.15, 0.2) is 30.3 Å². The van der Waals surface area contributed by atoms with Crippen molar-refractivity contribution in [2.75, 3.05) is 13.1 Å². The second kappa shape index (κ2) is 5.71. The Kier molecular flexibility index (Phi) is 4.01. The fourth-order valence-electron chi connectivity index (χ4n) is 2.14. The van der Waals surface area contributed by atoms with Crippen LogP contribution in [-0.4, -0.2) is 41.3 Å². The van der Waals surface area contributed by atoms with Crippen molar-refractivity contribution >= 4 is 12.0 Å². The largest absolute Gasteiger partial charge is 0.480 e. The molecule has 0 radical (unpaired) electrons. The van der Waals surface area contributed by atoms with Crippen molar-refractivity contribution in [3.8, 4) is 0 Å². The van der Waals surface area contributed by atoms with Gasteiger partial charge in [-0.15, -0.1) is 0 Å². The third-order valence-electron chi connectivity index (χ3n) is 3.15. The van der Waals surface area contributed by atoms with Crippen LogP contribution in [0.25, 0.3) is 0 Å². The van der Waals surface area contributed by atoms with Crippen molar-refractivity contribution in [1.82, 2.24) is 15.5 Å². The summed E-state index contributed by atoms with van der Waals surface area (Å²) in [4.78, 5) is 24.5. The van der Waals surface area contributed by atoms with Gasteiger partial charge in [0.1, 0.15) is 6.04 Å². The molecule has 1 unspecified atom stereocenters. The van der Waals surface area contributed by atoms with Crippen LogP contribution in [0.5, 0.6) is 0 Å². The number of carboxylic acid groups (broad SMARTS) is 1. The van der Waals surface area contributed by atoms with E-state index >= 15 is 0 Å². The van der Waals surface area contributed by atoms with Crippen LogP contribution in [0.2, 0.25) is 0 Å². The van der Waals surface area contributed by atoms with Crippen LogP contribution in [-0.2, 0) is 4.79 Å². The fraction of sp³-hybridized carbons (Fsp3) is 0.385. The van der Waals surface area contributed by atoms with Crippen LogP contribution in [0, 0.1) is 0 Å². The second-order valence-electron chi connectivity index (χ2n) is 4.45. The van der Waals surface area contributed by atoms with E-state index < -0.39 is 12.0 Å². The van der Waals surface area contributed by atoms with Crippen molar-refractivity contribution in [2.45, 2.75) is 19.1 Å². The zero-order valence-corrected chi connectivity index (χ0v) is 10.7. The van der Waals surface area contributed by atoms with Gasteiger partial charge >= 0.3 is 12.0 Å². The predicted octanol–water partition coefficient (Wildman–Crippen LogP) is 0.773. The number of nitrogens with zero attached hydrogens (tertiary/aromatic N) is 1. The molecule has 102 valence electrons. The van der Waals surface area contributed by atoms with Crippen molar-refractivity contribution in [2.24, 2.45) is 0 Å².